The number of carbonyl (C=O) groups excluding carboxylic acids is 1. The van der Waals surface area contributed by atoms with Gasteiger partial charge < -0.3 is 9.80 Å². The van der Waals surface area contributed by atoms with Gasteiger partial charge >= 0.3 is 6.18 Å². The van der Waals surface area contributed by atoms with Gasteiger partial charge in [-0.05, 0) is 11.6 Å². The number of carbonyl (C=O) groups is 1. The normalized spacial score (nSPS) is 15.7. The molecule has 5 nitrogen and oxygen atoms in total. The van der Waals surface area contributed by atoms with Gasteiger partial charge in [0.1, 0.15) is 12.2 Å². The number of hydrogen-bond donors (Lipinski definition) is 0. The average Bonchev–Trinajstić information content (AvgIpc) is 2.57. The van der Waals surface area contributed by atoms with Crippen LogP contribution in [0.3, 0.4) is 0 Å². The van der Waals surface area contributed by atoms with E-state index in [4.69, 9.17) is 0 Å². The molecular weight excluding hydrogens is 321 g/mol. The fraction of sp³-hybridized carbons (Fsp3) is 0.312. The van der Waals surface area contributed by atoms with Crippen molar-refractivity contribution in [2.24, 2.45) is 0 Å². The van der Waals surface area contributed by atoms with E-state index in [1.165, 1.54) is 4.90 Å². The van der Waals surface area contributed by atoms with Crippen molar-refractivity contribution in [3.05, 3.63) is 53.9 Å². The fourth-order valence-electron chi connectivity index (χ4n) is 2.51. The van der Waals surface area contributed by atoms with E-state index < -0.39 is 11.9 Å². The van der Waals surface area contributed by atoms with Crippen molar-refractivity contribution in [3.63, 3.8) is 0 Å². The van der Waals surface area contributed by atoms with E-state index in [-0.39, 0.29) is 18.4 Å². The molecule has 0 spiro atoms. The summed E-state index contributed by atoms with van der Waals surface area (Å²) >= 11 is 0. The maximum Gasteiger partial charge on any atom is 0.433 e. The smallest absolute Gasteiger partial charge is 0.335 e. The lowest BCUT2D eigenvalue weighted by Crippen LogP contribution is -2.50. The van der Waals surface area contributed by atoms with Crippen LogP contribution in [0.15, 0.2) is 42.6 Å². The first-order valence-corrected chi connectivity index (χ1v) is 7.40. The molecule has 8 heteroatoms. The Morgan fingerprint density at radius 3 is 2.50 bits per heavy atom. The zero-order valence-corrected chi connectivity index (χ0v) is 12.7. The summed E-state index contributed by atoms with van der Waals surface area (Å²) in [6.07, 6.45) is -3.47. The number of hydrogen-bond acceptors (Lipinski definition) is 4. The molecule has 1 aliphatic rings. The van der Waals surface area contributed by atoms with E-state index in [1.807, 2.05) is 30.3 Å². The number of alkyl halides is 3. The molecule has 1 aromatic carbocycles. The lowest BCUT2D eigenvalue weighted by molar-refractivity contribution is -0.141. The number of amides is 1. The first kappa shape index (κ1) is 16.2. The third-order valence-corrected chi connectivity index (χ3v) is 3.75. The molecule has 0 bridgehead atoms. The summed E-state index contributed by atoms with van der Waals surface area (Å²) in [4.78, 5) is 22.8. The highest BCUT2D eigenvalue weighted by Crippen LogP contribution is 2.28. The molecule has 2 aromatic rings. The van der Waals surface area contributed by atoms with Crippen molar-refractivity contribution >= 4 is 11.9 Å². The van der Waals surface area contributed by atoms with Gasteiger partial charge in [0, 0.05) is 25.8 Å². The number of halogens is 3. The summed E-state index contributed by atoms with van der Waals surface area (Å²) in [6, 6.07) is 10.4. The van der Waals surface area contributed by atoms with E-state index in [0.29, 0.717) is 19.6 Å². The van der Waals surface area contributed by atoms with Crippen LogP contribution in [-0.4, -0.2) is 40.4 Å². The molecule has 2 heterocycles. The van der Waals surface area contributed by atoms with Crippen LogP contribution in [0.1, 0.15) is 11.3 Å². The monoisotopic (exact) mass is 336 g/mol. The lowest BCUT2D eigenvalue weighted by atomic mass is 10.2. The van der Waals surface area contributed by atoms with E-state index >= 15 is 0 Å². The molecule has 3 rings (SSSR count). The molecule has 1 aliphatic heterocycles. The maximum absolute atomic E-state index is 12.7. The standard InChI is InChI=1S/C16H15F3N4O/c17-16(18,19)13-6-7-20-15(21-13)23-9-8-22(14(24)11-23)10-12-4-2-1-3-5-12/h1-7H,8-11H2. The number of benzene rings is 1. The lowest BCUT2D eigenvalue weighted by Gasteiger charge is -2.34. The summed E-state index contributed by atoms with van der Waals surface area (Å²) in [6.45, 7) is 1.25. The van der Waals surface area contributed by atoms with E-state index in [0.717, 1.165) is 17.8 Å². The molecule has 1 fully saturated rings. The molecule has 0 atom stereocenters. The molecule has 0 radical (unpaired) electrons. The first-order valence-electron chi connectivity index (χ1n) is 7.40. The number of anilines is 1. The Kier molecular flexibility index (Phi) is 4.37. The first-order chi connectivity index (χ1) is 11.4. The summed E-state index contributed by atoms with van der Waals surface area (Å²) in [5.74, 6) is -0.233. The van der Waals surface area contributed by atoms with Crippen LogP contribution in [0.25, 0.3) is 0 Å². The molecule has 1 aromatic heterocycles. The summed E-state index contributed by atoms with van der Waals surface area (Å²) < 4.78 is 38.2. The Morgan fingerprint density at radius 1 is 1.08 bits per heavy atom. The number of piperazine rings is 1. The summed E-state index contributed by atoms with van der Waals surface area (Å²) in [7, 11) is 0. The third-order valence-electron chi connectivity index (χ3n) is 3.75. The van der Waals surface area contributed by atoms with Crippen molar-refractivity contribution in [2.75, 3.05) is 24.5 Å². The molecule has 0 N–H and O–H groups in total. The van der Waals surface area contributed by atoms with Crippen LogP contribution < -0.4 is 4.90 Å². The fourth-order valence-corrected chi connectivity index (χ4v) is 2.51. The Labute approximate surface area is 136 Å². The second-order valence-corrected chi connectivity index (χ2v) is 5.46. The van der Waals surface area contributed by atoms with Gasteiger partial charge in [0.25, 0.3) is 0 Å². The molecule has 0 unspecified atom stereocenters. The van der Waals surface area contributed by atoms with Gasteiger partial charge in [-0.25, -0.2) is 9.97 Å². The van der Waals surface area contributed by atoms with E-state index in [2.05, 4.69) is 9.97 Å². The highest BCUT2D eigenvalue weighted by molar-refractivity contribution is 5.82. The minimum absolute atomic E-state index is 0.0336. The summed E-state index contributed by atoms with van der Waals surface area (Å²) in [5.41, 5.74) is 0.00119. The second-order valence-electron chi connectivity index (χ2n) is 5.46. The van der Waals surface area contributed by atoms with Crippen LogP contribution in [0.2, 0.25) is 0 Å². The minimum Gasteiger partial charge on any atom is -0.335 e. The van der Waals surface area contributed by atoms with Crippen LogP contribution in [-0.2, 0) is 17.5 Å². The number of aromatic nitrogens is 2. The van der Waals surface area contributed by atoms with Crippen molar-refractivity contribution < 1.29 is 18.0 Å². The van der Waals surface area contributed by atoms with Crippen LogP contribution >= 0.6 is 0 Å². The van der Waals surface area contributed by atoms with E-state index in [1.54, 1.807) is 4.90 Å². The molecule has 126 valence electrons. The zero-order valence-electron chi connectivity index (χ0n) is 12.7. The van der Waals surface area contributed by atoms with E-state index in [9.17, 15) is 18.0 Å². The van der Waals surface area contributed by atoms with Crippen LogP contribution in [0, 0.1) is 0 Å². The highest BCUT2D eigenvalue weighted by atomic mass is 19.4. The van der Waals surface area contributed by atoms with Crippen molar-refractivity contribution in [2.45, 2.75) is 12.7 Å². The van der Waals surface area contributed by atoms with Gasteiger partial charge in [-0.15, -0.1) is 0 Å². The van der Waals surface area contributed by atoms with Gasteiger partial charge in [0.2, 0.25) is 11.9 Å². The molecule has 1 amide bonds. The van der Waals surface area contributed by atoms with Crippen molar-refractivity contribution in [3.8, 4) is 0 Å². The van der Waals surface area contributed by atoms with Crippen LogP contribution in [0.5, 0.6) is 0 Å². The number of nitrogens with zero attached hydrogens (tertiary/aromatic N) is 4. The van der Waals surface area contributed by atoms with Gasteiger partial charge in [-0.1, -0.05) is 30.3 Å². The quantitative estimate of drug-likeness (QED) is 0.863. The Hall–Kier alpha value is -2.64. The Morgan fingerprint density at radius 2 is 1.83 bits per heavy atom. The van der Waals surface area contributed by atoms with Gasteiger partial charge in [-0.2, -0.15) is 13.2 Å². The Balaban J connectivity index is 1.68. The third kappa shape index (κ3) is 3.64. The largest absolute Gasteiger partial charge is 0.433 e. The molecule has 0 saturated carbocycles. The van der Waals surface area contributed by atoms with Crippen molar-refractivity contribution in [1.29, 1.82) is 0 Å². The average molecular weight is 336 g/mol. The van der Waals surface area contributed by atoms with Gasteiger partial charge in [0.15, 0.2) is 0 Å². The molecule has 24 heavy (non-hydrogen) atoms. The summed E-state index contributed by atoms with van der Waals surface area (Å²) in [5, 5.41) is 0. The predicted octanol–water partition coefficient (Wildman–Crippen LogP) is 2.34. The Bertz CT molecular complexity index is 721. The number of rotatable bonds is 3. The topological polar surface area (TPSA) is 49.3 Å². The second kappa shape index (κ2) is 6.46. The van der Waals surface area contributed by atoms with Gasteiger partial charge in [0.05, 0.1) is 0 Å². The predicted molar refractivity (Wildman–Crippen MR) is 81.1 cm³/mol. The minimum atomic E-state index is -4.53. The highest BCUT2D eigenvalue weighted by Gasteiger charge is 2.34. The molecular formula is C16H15F3N4O. The SMILES string of the molecule is O=C1CN(c2nccc(C(F)(F)F)n2)CCN1Cc1ccccc1. The van der Waals surface area contributed by atoms with Gasteiger partial charge in [-0.3, -0.25) is 4.79 Å². The molecule has 0 aliphatic carbocycles. The van der Waals surface area contributed by atoms with Crippen molar-refractivity contribution in [1.82, 2.24) is 14.9 Å². The van der Waals surface area contributed by atoms with Crippen LogP contribution in [0.4, 0.5) is 19.1 Å². The zero-order chi connectivity index (χ0) is 17.2. The maximum atomic E-state index is 12.7. The molecule has 1 saturated heterocycles.